The fourth-order valence-corrected chi connectivity index (χ4v) is 1.96. The highest BCUT2D eigenvalue weighted by Crippen LogP contribution is 2.52. The summed E-state index contributed by atoms with van der Waals surface area (Å²) < 4.78 is 9.59. The highest BCUT2D eigenvalue weighted by molar-refractivity contribution is 5.96. The van der Waals surface area contributed by atoms with Crippen molar-refractivity contribution in [2.75, 3.05) is 13.2 Å². The topological polar surface area (TPSA) is 69.7 Å². The Morgan fingerprint density at radius 2 is 1.50 bits per heavy atom. The largest absolute Gasteiger partial charge is 0.466 e. The Morgan fingerprint density at radius 1 is 0.944 bits per heavy atom. The minimum Gasteiger partial charge on any atom is -0.466 e. The molecule has 1 rings (SSSR count). The molecule has 0 amide bonds. The second-order valence-electron chi connectivity index (χ2n) is 4.68. The second kappa shape index (κ2) is 6.52. The zero-order chi connectivity index (χ0) is 13.6. The predicted molar refractivity (Wildman–Crippen MR) is 63.8 cm³/mol. The first-order valence-electron chi connectivity index (χ1n) is 6.34. The molecule has 0 unspecified atom stereocenters. The van der Waals surface area contributed by atoms with Crippen molar-refractivity contribution in [3.05, 3.63) is 0 Å². The number of carbonyl (C=O) groups excluding carboxylic acids is 3. The van der Waals surface area contributed by atoms with E-state index >= 15 is 0 Å². The van der Waals surface area contributed by atoms with E-state index in [-0.39, 0.29) is 43.0 Å². The van der Waals surface area contributed by atoms with Crippen LogP contribution in [0.15, 0.2) is 0 Å². The minimum atomic E-state index is -0.491. The van der Waals surface area contributed by atoms with Gasteiger partial charge in [0.05, 0.1) is 19.6 Å². The number of hydrogen-bond donors (Lipinski definition) is 0. The summed E-state index contributed by atoms with van der Waals surface area (Å²) in [5.74, 6) is -0.913. The third-order valence-corrected chi connectivity index (χ3v) is 3.00. The Hall–Kier alpha value is -1.39. The van der Waals surface area contributed by atoms with Crippen molar-refractivity contribution < 1.29 is 23.9 Å². The van der Waals surface area contributed by atoms with E-state index in [9.17, 15) is 14.4 Å². The lowest BCUT2D eigenvalue weighted by Crippen LogP contribution is -2.18. The highest BCUT2D eigenvalue weighted by Gasteiger charge is 2.46. The van der Waals surface area contributed by atoms with E-state index in [2.05, 4.69) is 0 Å². The van der Waals surface area contributed by atoms with E-state index in [4.69, 9.17) is 9.47 Å². The number of rotatable bonds is 8. The van der Waals surface area contributed by atoms with Gasteiger partial charge in [0.25, 0.3) is 0 Å². The summed E-state index contributed by atoms with van der Waals surface area (Å²) in [5, 5.41) is 0. The van der Waals surface area contributed by atoms with Crippen LogP contribution in [0.4, 0.5) is 0 Å². The molecule has 102 valence electrons. The Kier molecular flexibility index (Phi) is 5.31. The lowest BCUT2D eigenvalue weighted by Gasteiger charge is -2.12. The van der Waals surface area contributed by atoms with E-state index in [0.717, 1.165) is 12.8 Å². The van der Waals surface area contributed by atoms with Crippen molar-refractivity contribution >= 4 is 17.7 Å². The smallest absolute Gasteiger partial charge is 0.313 e. The van der Waals surface area contributed by atoms with Crippen LogP contribution >= 0.6 is 0 Å². The SMILES string of the molecule is CCOC(=O)CC(=O)CC1(CC(=O)OCC)CC1. The van der Waals surface area contributed by atoms with E-state index in [1.807, 2.05) is 0 Å². The number of ketones is 1. The van der Waals surface area contributed by atoms with Crippen LogP contribution in [0.1, 0.15) is 46.0 Å². The highest BCUT2D eigenvalue weighted by atomic mass is 16.5. The maximum Gasteiger partial charge on any atom is 0.313 e. The van der Waals surface area contributed by atoms with Gasteiger partial charge in [0.2, 0.25) is 0 Å². The fourth-order valence-electron chi connectivity index (χ4n) is 1.96. The molecule has 0 aliphatic heterocycles. The van der Waals surface area contributed by atoms with Gasteiger partial charge in [-0.05, 0) is 32.1 Å². The molecule has 5 heteroatoms. The molecule has 0 radical (unpaired) electrons. The summed E-state index contributed by atoms with van der Waals surface area (Å²) in [6.45, 7) is 4.08. The summed E-state index contributed by atoms with van der Waals surface area (Å²) >= 11 is 0. The Bertz CT molecular complexity index is 330. The average molecular weight is 256 g/mol. The molecule has 0 N–H and O–H groups in total. The summed E-state index contributed by atoms with van der Waals surface area (Å²) in [4.78, 5) is 34.2. The third kappa shape index (κ3) is 4.85. The number of esters is 2. The van der Waals surface area contributed by atoms with Crippen LogP contribution in [0.2, 0.25) is 0 Å². The minimum absolute atomic E-state index is 0.157. The van der Waals surface area contributed by atoms with Crippen LogP contribution in [0, 0.1) is 5.41 Å². The maximum atomic E-state index is 11.7. The molecule has 5 nitrogen and oxygen atoms in total. The number of hydrogen-bond acceptors (Lipinski definition) is 5. The number of ether oxygens (including phenoxy) is 2. The molecule has 1 saturated carbocycles. The van der Waals surface area contributed by atoms with Crippen LogP contribution in [0.3, 0.4) is 0 Å². The second-order valence-corrected chi connectivity index (χ2v) is 4.68. The van der Waals surface area contributed by atoms with Gasteiger partial charge in [0.15, 0.2) is 0 Å². The molecule has 0 aromatic carbocycles. The monoisotopic (exact) mass is 256 g/mol. The number of carbonyl (C=O) groups is 3. The van der Waals surface area contributed by atoms with Gasteiger partial charge in [0, 0.05) is 6.42 Å². The van der Waals surface area contributed by atoms with Gasteiger partial charge < -0.3 is 9.47 Å². The van der Waals surface area contributed by atoms with Gasteiger partial charge in [-0.1, -0.05) is 0 Å². The fraction of sp³-hybridized carbons (Fsp3) is 0.769. The molecule has 1 aliphatic rings. The Balaban J connectivity index is 2.34. The van der Waals surface area contributed by atoms with Crippen molar-refractivity contribution in [2.45, 2.75) is 46.0 Å². The van der Waals surface area contributed by atoms with E-state index in [0.29, 0.717) is 6.61 Å². The van der Waals surface area contributed by atoms with E-state index < -0.39 is 5.97 Å². The van der Waals surface area contributed by atoms with Gasteiger partial charge in [-0.2, -0.15) is 0 Å². The lowest BCUT2D eigenvalue weighted by molar-refractivity contribution is -0.145. The molecule has 0 heterocycles. The molecule has 0 saturated heterocycles. The summed E-state index contributed by atoms with van der Waals surface area (Å²) in [5.41, 5.74) is -0.254. The number of Topliss-reactive ketones (excluding diaryl/α,β-unsaturated/α-hetero) is 1. The molecular weight excluding hydrogens is 236 g/mol. The van der Waals surface area contributed by atoms with E-state index in [1.165, 1.54) is 0 Å². The Morgan fingerprint density at radius 3 is 2.00 bits per heavy atom. The molecule has 0 bridgehead atoms. The van der Waals surface area contributed by atoms with Crippen molar-refractivity contribution in [1.29, 1.82) is 0 Å². The predicted octanol–water partition coefficient (Wildman–Crippen LogP) is 1.63. The van der Waals surface area contributed by atoms with E-state index in [1.54, 1.807) is 13.8 Å². The van der Waals surface area contributed by atoms with Crippen LogP contribution in [0.25, 0.3) is 0 Å². The molecule has 0 aromatic rings. The molecule has 1 aliphatic carbocycles. The first kappa shape index (κ1) is 14.7. The van der Waals surface area contributed by atoms with Gasteiger partial charge in [-0.3, -0.25) is 14.4 Å². The molecule has 0 spiro atoms. The van der Waals surface area contributed by atoms with Gasteiger partial charge >= 0.3 is 11.9 Å². The zero-order valence-electron chi connectivity index (χ0n) is 11.0. The van der Waals surface area contributed by atoms with Crippen molar-refractivity contribution in [3.8, 4) is 0 Å². The summed E-state index contributed by atoms with van der Waals surface area (Å²) in [6.07, 6.45) is 2.04. The molecule has 18 heavy (non-hydrogen) atoms. The van der Waals surface area contributed by atoms with Gasteiger partial charge in [-0.15, -0.1) is 0 Å². The van der Waals surface area contributed by atoms with Crippen molar-refractivity contribution in [1.82, 2.24) is 0 Å². The summed E-state index contributed by atoms with van der Waals surface area (Å²) in [7, 11) is 0. The zero-order valence-corrected chi connectivity index (χ0v) is 11.0. The maximum absolute atomic E-state index is 11.7. The van der Waals surface area contributed by atoms with Crippen molar-refractivity contribution in [3.63, 3.8) is 0 Å². The average Bonchev–Trinajstić information content (AvgIpc) is 2.97. The lowest BCUT2D eigenvalue weighted by atomic mass is 9.94. The standard InChI is InChI=1S/C13H20O5/c1-3-17-11(15)7-10(14)8-13(5-6-13)9-12(16)18-4-2/h3-9H2,1-2H3. The first-order chi connectivity index (χ1) is 8.51. The van der Waals surface area contributed by atoms with Crippen LogP contribution < -0.4 is 0 Å². The van der Waals surface area contributed by atoms with Crippen LogP contribution in [-0.4, -0.2) is 30.9 Å². The van der Waals surface area contributed by atoms with Gasteiger partial charge in [0.1, 0.15) is 12.2 Å². The quantitative estimate of drug-likeness (QED) is 0.487. The molecule has 1 fully saturated rings. The van der Waals surface area contributed by atoms with Gasteiger partial charge in [-0.25, -0.2) is 0 Å². The summed E-state index contributed by atoms with van der Waals surface area (Å²) in [6, 6.07) is 0. The molecule has 0 aromatic heterocycles. The Labute approximate surface area is 107 Å². The molecule has 0 atom stereocenters. The van der Waals surface area contributed by atoms with Crippen molar-refractivity contribution in [2.24, 2.45) is 5.41 Å². The third-order valence-electron chi connectivity index (χ3n) is 3.00. The molecular formula is C13H20O5. The first-order valence-corrected chi connectivity index (χ1v) is 6.34. The van der Waals surface area contributed by atoms with Crippen LogP contribution in [-0.2, 0) is 23.9 Å². The van der Waals surface area contributed by atoms with Crippen LogP contribution in [0.5, 0.6) is 0 Å². The normalized spacial score (nSPS) is 15.9.